The van der Waals surface area contributed by atoms with Crippen LogP contribution < -0.4 is 0 Å². The molecule has 51 heavy (non-hydrogen) atoms. The van der Waals surface area contributed by atoms with E-state index in [1.165, 1.54) is 116 Å². The zero-order valence-electron chi connectivity index (χ0n) is 34.4. The Kier molecular flexibility index (Phi) is 40.5. The maximum atomic E-state index is 10.1. The van der Waals surface area contributed by atoms with E-state index in [1.807, 2.05) is 0 Å². The number of quaternary nitrogens is 1. The molecule has 0 aromatic carbocycles. The second-order valence-electron chi connectivity index (χ2n) is 15.2. The fourth-order valence-corrected chi connectivity index (χ4v) is 5.96. The number of unbranched alkanes of at least 4 members (excludes halogenated alkanes) is 18. The number of aliphatic hydroxyl groups is 2. The van der Waals surface area contributed by atoms with Crippen molar-refractivity contribution in [1.29, 1.82) is 0 Å². The molecule has 0 rings (SSSR count). The third kappa shape index (κ3) is 42.2. The second kappa shape index (κ2) is 40.8. The highest BCUT2D eigenvalue weighted by atomic mass is 16.6. The Bertz CT molecular complexity index is 604. The highest BCUT2D eigenvalue weighted by Gasteiger charge is 2.14. The molecule has 2 N–H and O–H groups in total. The average molecular weight is 735 g/mol. The standard InChI is InChI=1S/C42H88NO8/c1-5-7-9-11-13-15-17-19-21-23-25-41(44)39-50-37-35-48-33-31-46-29-27-43(3,4)28-30-47-32-34-49-36-38-51-40-42(45)26-24-22-20-18-16-14-12-10-8-6-2/h41-42,44-45H,5-40H2,1-4H3/q+1. The predicted molar refractivity (Wildman–Crippen MR) is 212 cm³/mol. The van der Waals surface area contributed by atoms with Gasteiger partial charge in [0.1, 0.15) is 13.1 Å². The molecule has 2 unspecified atom stereocenters. The Hall–Kier alpha value is -0.360. The summed E-state index contributed by atoms with van der Waals surface area (Å²) in [6, 6.07) is 0. The Morgan fingerprint density at radius 1 is 0.353 bits per heavy atom. The van der Waals surface area contributed by atoms with Gasteiger partial charge in [0.05, 0.1) is 106 Å². The van der Waals surface area contributed by atoms with Gasteiger partial charge in [0, 0.05) is 0 Å². The first-order valence-electron chi connectivity index (χ1n) is 21.6. The largest absolute Gasteiger partial charge is 0.391 e. The van der Waals surface area contributed by atoms with Crippen molar-refractivity contribution in [2.24, 2.45) is 0 Å². The first kappa shape index (κ1) is 50.6. The van der Waals surface area contributed by atoms with E-state index in [0.717, 1.165) is 43.3 Å². The minimum absolute atomic E-state index is 0.372. The zero-order valence-corrected chi connectivity index (χ0v) is 34.4. The maximum Gasteiger partial charge on any atom is 0.102 e. The molecule has 0 aromatic rings. The number of hydrogen-bond donors (Lipinski definition) is 2. The van der Waals surface area contributed by atoms with Crippen molar-refractivity contribution in [3.8, 4) is 0 Å². The summed E-state index contributed by atoms with van der Waals surface area (Å²) in [6.07, 6.45) is 27.1. The molecule has 0 aliphatic rings. The van der Waals surface area contributed by atoms with Crippen LogP contribution in [0.2, 0.25) is 0 Å². The van der Waals surface area contributed by atoms with Crippen LogP contribution in [0.15, 0.2) is 0 Å². The molecular weight excluding hydrogens is 646 g/mol. The third-order valence-electron chi connectivity index (χ3n) is 9.57. The van der Waals surface area contributed by atoms with Gasteiger partial charge >= 0.3 is 0 Å². The Morgan fingerprint density at radius 2 is 0.608 bits per heavy atom. The van der Waals surface area contributed by atoms with Crippen LogP contribution >= 0.6 is 0 Å². The SMILES string of the molecule is CCCCCCCCCCCCC(O)COCCOCCOCC[N+](C)(C)CCOCCOCCOCC(O)CCCCCCCCCCCC. The normalized spacial score (nSPS) is 13.3. The molecule has 9 nitrogen and oxygen atoms in total. The number of likely N-dealkylation sites (N-methyl/N-ethyl adjacent to an activating group) is 1. The Morgan fingerprint density at radius 3 is 0.922 bits per heavy atom. The maximum absolute atomic E-state index is 10.1. The summed E-state index contributed by atoms with van der Waals surface area (Å²) < 4.78 is 34.7. The van der Waals surface area contributed by atoms with Gasteiger partial charge in [0.2, 0.25) is 0 Å². The van der Waals surface area contributed by atoms with E-state index in [9.17, 15) is 10.2 Å². The fraction of sp³-hybridized carbons (Fsp3) is 1.00. The van der Waals surface area contributed by atoms with Crippen LogP contribution in [0.4, 0.5) is 0 Å². The smallest absolute Gasteiger partial charge is 0.102 e. The average Bonchev–Trinajstić information content (AvgIpc) is 3.11. The summed E-state index contributed by atoms with van der Waals surface area (Å²) in [5, 5.41) is 20.2. The van der Waals surface area contributed by atoms with Crippen LogP contribution in [-0.2, 0) is 28.4 Å². The Balaban J connectivity index is 3.38. The number of ether oxygens (including phenoxy) is 6. The van der Waals surface area contributed by atoms with E-state index in [0.29, 0.717) is 79.3 Å². The molecule has 0 aromatic heterocycles. The third-order valence-corrected chi connectivity index (χ3v) is 9.57. The van der Waals surface area contributed by atoms with Gasteiger partial charge < -0.3 is 43.1 Å². The van der Waals surface area contributed by atoms with Gasteiger partial charge in [-0.2, -0.15) is 0 Å². The minimum atomic E-state index is -0.372. The van der Waals surface area contributed by atoms with Gasteiger partial charge in [-0.25, -0.2) is 0 Å². The van der Waals surface area contributed by atoms with Crippen molar-refractivity contribution in [2.75, 3.05) is 106 Å². The predicted octanol–water partition coefficient (Wildman–Crippen LogP) is 8.51. The fourth-order valence-electron chi connectivity index (χ4n) is 5.96. The lowest BCUT2D eigenvalue weighted by Gasteiger charge is -2.29. The van der Waals surface area contributed by atoms with Crippen molar-refractivity contribution in [3.05, 3.63) is 0 Å². The molecule has 9 heteroatoms. The van der Waals surface area contributed by atoms with Gasteiger partial charge in [0.15, 0.2) is 0 Å². The van der Waals surface area contributed by atoms with E-state index < -0.39 is 0 Å². The molecule has 0 radical (unpaired) electrons. The number of rotatable bonds is 44. The van der Waals surface area contributed by atoms with Crippen molar-refractivity contribution < 1.29 is 43.1 Å². The minimum Gasteiger partial charge on any atom is -0.391 e. The summed E-state index contributed by atoms with van der Waals surface area (Å²) in [6.45, 7) is 12.7. The molecule has 308 valence electrons. The van der Waals surface area contributed by atoms with Crippen LogP contribution in [-0.4, -0.2) is 133 Å². The second-order valence-corrected chi connectivity index (χ2v) is 15.2. The highest BCUT2D eigenvalue weighted by molar-refractivity contribution is 4.57. The monoisotopic (exact) mass is 735 g/mol. The molecule has 0 spiro atoms. The van der Waals surface area contributed by atoms with Gasteiger partial charge in [-0.3, -0.25) is 0 Å². The molecule has 0 amide bonds. The Labute approximate surface area is 316 Å². The topological polar surface area (TPSA) is 95.8 Å². The highest BCUT2D eigenvalue weighted by Crippen LogP contribution is 2.13. The van der Waals surface area contributed by atoms with Gasteiger partial charge in [-0.05, 0) is 12.8 Å². The molecule has 0 bridgehead atoms. The zero-order chi connectivity index (χ0) is 37.4. The quantitative estimate of drug-likeness (QED) is 0.0476. The summed E-state index contributed by atoms with van der Waals surface area (Å²) in [7, 11) is 4.37. The van der Waals surface area contributed by atoms with Gasteiger partial charge in [-0.1, -0.05) is 142 Å². The van der Waals surface area contributed by atoms with Crippen LogP contribution in [0.3, 0.4) is 0 Å². The first-order chi connectivity index (χ1) is 24.9. The van der Waals surface area contributed by atoms with Gasteiger partial charge in [0.25, 0.3) is 0 Å². The van der Waals surface area contributed by atoms with Crippen LogP contribution in [0.1, 0.15) is 155 Å². The molecular formula is C42H88NO8+. The molecule has 0 heterocycles. The van der Waals surface area contributed by atoms with Crippen molar-refractivity contribution in [2.45, 2.75) is 167 Å². The van der Waals surface area contributed by atoms with E-state index in [1.54, 1.807) is 0 Å². The van der Waals surface area contributed by atoms with Crippen LogP contribution in [0, 0.1) is 0 Å². The van der Waals surface area contributed by atoms with Crippen LogP contribution in [0.5, 0.6) is 0 Å². The lowest BCUT2D eigenvalue weighted by molar-refractivity contribution is -0.891. The molecule has 0 saturated carbocycles. The summed E-state index contributed by atoms with van der Waals surface area (Å²) in [5.74, 6) is 0. The van der Waals surface area contributed by atoms with Gasteiger partial charge in [-0.15, -0.1) is 0 Å². The molecule has 0 aliphatic heterocycles. The van der Waals surface area contributed by atoms with Crippen molar-refractivity contribution in [3.63, 3.8) is 0 Å². The van der Waals surface area contributed by atoms with E-state index in [2.05, 4.69) is 27.9 Å². The molecule has 0 saturated heterocycles. The summed E-state index contributed by atoms with van der Waals surface area (Å²) in [4.78, 5) is 0. The first-order valence-corrected chi connectivity index (χ1v) is 21.6. The van der Waals surface area contributed by atoms with Crippen molar-refractivity contribution in [1.82, 2.24) is 0 Å². The number of nitrogens with zero attached hydrogens (tertiary/aromatic N) is 1. The molecule has 0 fully saturated rings. The van der Waals surface area contributed by atoms with Crippen molar-refractivity contribution >= 4 is 0 Å². The number of aliphatic hydroxyl groups excluding tert-OH is 2. The van der Waals surface area contributed by atoms with E-state index >= 15 is 0 Å². The summed E-state index contributed by atoms with van der Waals surface area (Å²) in [5.41, 5.74) is 0. The number of hydrogen-bond acceptors (Lipinski definition) is 8. The lowest BCUT2D eigenvalue weighted by Crippen LogP contribution is -2.44. The molecule has 0 aliphatic carbocycles. The van der Waals surface area contributed by atoms with E-state index in [4.69, 9.17) is 28.4 Å². The molecule has 2 atom stereocenters. The van der Waals surface area contributed by atoms with E-state index in [-0.39, 0.29) is 12.2 Å². The van der Waals surface area contributed by atoms with Crippen LogP contribution in [0.25, 0.3) is 0 Å². The summed E-state index contributed by atoms with van der Waals surface area (Å²) >= 11 is 0. The lowest BCUT2D eigenvalue weighted by atomic mass is 10.0.